The van der Waals surface area contributed by atoms with Gasteiger partial charge in [-0.15, -0.1) is 0 Å². The fourth-order valence-electron chi connectivity index (χ4n) is 2.33. The van der Waals surface area contributed by atoms with Crippen LogP contribution < -0.4 is 22.1 Å². The fraction of sp³-hybridized carbons (Fsp3) is 0.125. The molecule has 1 aromatic carbocycles. The zero-order valence-electron chi connectivity index (χ0n) is 14.5. The van der Waals surface area contributed by atoms with Crippen molar-refractivity contribution in [3.63, 3.8) is 0 Å². The predicted octanol–water partition coefficient (Wildman–Crippen LogP) is 4.57. The summed E-state index contributed by atoms with van der Waals surface area (Å²) in [7, 11) is 0. The number of carbonyl (C=O) groups is 2. The normalized spacial score (nSPS) is 13.9. The van der Waals surface area contributed by atoms with Gasteiger partial charge in [0.2, 0.25) is 0 Å². The zero-order chi connectivity index (χ0) is 20.6. The quantitative estimate of drug-likeness (QED) is 0.378. The summed E-state index contributed by atoms with van der Waals surface area (Å²) in [6.45, 7) is 3.38. The maximum atomic E-state index is 11.6. The molecule has 0 saturated carbocycles. The SMILES string of the molecule is CC(C#N)=C1Sc2c(NC(N)=O)c3c(c(NC(N)=O)c2S1)SC(=C(C)C#N)S3. The van der Waals surface area contributed by atoms with Crippen molar-refractivity contribution in [2.45, 2.75) is 33.4 Å². The van der Waals surface area contributed by atoms with Crippen molar-refractivity contribution in [3.8, 4) is 12.1 Å². The summed E-state index contributed by atoms with van der Waals surface area (Å²) in [5.41, 5.74) is 12.8. The van der Waals surface area contributed by atoms with Crippen LogP contribution in [0.1, 0.15) is 13.8 Å². The van der Waals surface area contributed by atoms with Crippen molar-refractivity contribution in [1.29, 1.82) is 10.5 Å². The number of hydrogen-bond donors (Lipinski definition) is 4. The van der Waals surface area contributed by atoms with Gasteiger partial charge in [0.15, 0.2) is 0 Å². The Hall–Kier alpha value is -2.38. The highest BCUT2D eigenvalue weighted by atomic mass is 32.2. The van der Waals surface area contributed by atoms with Gasteiger partial charge in [0.05, 0.1) is 51.6 Å². The number of anilines is 2. The molecule has 0 aliphatic carbocycles. The number of benzene rings is 1. The van der Waals surface area contributed by atoms with E-state index in [-0.39, 0.29) is 0 Å². The van der Waals surface area contributed by atoms with Crippen LogP contribution in [0.25, 0.3) is 0 Å². The van der Waals surface area contributed by atoms with E-state index in [9.17, 15) is 20.1 Å². The van der Waals surface area contributed by atoms with Gasteiger partial charge >= 0.3 is 12.1 Å². The van der Waals surface area contributed by atoms with E-state index in [4.69, 9.17) is 11.5 Å². The first kappa shape index (κ1) is 20.4. The largest absolute Gasteiger partial charge is 0.351 e. The van der Waals surface area contributed by atoms with Gasteiger partial charge in [-0.2, -0.15) is 10.5 Å². The number of carbonyl (C=O) groups excluding carboxylic acids is 2. The number of rotatable bonds is 2. The van der Waals surface area contributed by atoms with Crippen LogP contribution in [0, 0.1) is 22.7 Å². The number of nitriles is 2. The molecule has 4 amide bonds. The number of fused-ring (bicyclic) bond motifs is 2. The minimum atomic E-state index is -0.736. The Bertz CT molecular complexity index is 954. The van der Waals surface area contributed by atoms with Gasteiger partial charge in [-0.3, -0.25) is 0 Å². The van der Waals surface area contributed by atoms with Gasteiger partial charge in [-0.1, -0.05) is 47.0 Å². The Kier molecular flexibility index (Phi) is 5.76. The van der Waals surface area contributed by atoms with E-state index in [0.29, 0.717) is 42.1 Å². The van der Waals surface area contributed by atoms with Crippen LogP contribution in [0.4, 0.5) is 21.0 Å². The lowest BCUT2D eigenvalue weighted by Gasteiger charge is -2.16. The summed E-state index contributed by atoms with van der Waals surface area (Å²) in [4.78, 5) is 25.9. The lowest BCUT2D eigenvalue weighted by atomic mass is 10.2. The molecule has 12 heteroatoms. The Morgan fingerprint density at radius 1 is 0.750 bits per heavy atom. The number of amides is 4. The van der Waals surface area contributed by atoms with Crippen LogP contribution in [0.5, 0.6) is 0 Å². The molecule has 2 aliphatic heterocycles. The van der Waals surface area contributed by atoms with Crippen LogP contribution in [-0.4, -0.2) is 12.1 Å². The second-order valence-corrected chi connectivity index (χ2v) is 10.1. The number of urea groups is 2. The standard InChI is InChI=1S/C16H12N6O2S4/c1-5(3-17)13-25-9-7(21-15(19)23)11-12(28-14(27-11)6(2)4-18)8(10(9)26-13)22-16(20)24/h1-2H3,(H3,19,21,23)(H3,20,22,24). The van der Waals surface area contributed by atoms with Crippen molar-refractivity contribution in [1.82, 2.24) is 0 Å². The van der Waals surface area contributed by atoms with Crippen molar-refractivity contribution in [3.05, 3.63) is 19.6 Å². The summed E-state index contributed by atoms with van der Waals surface area (Å²) < 4.78 is 1.47. The van der Waals surface area contributed by atoms with E-state index >= 15 is 0 Å². The summed E-state index contributed by atoms with van der Waals surface area (Å²) in [5, 5.41) is 23.8. The number of allylic oxidation sites excluding steroid dienone is 2. The third-order valence-corrected chi connectivity index (χ3v) is 9.22. The zero-order valence-corrected chi connectivity index (χ0v) is 17.8. The molecule has 2 heterocycles. The molecular weight excluding hydrogens is 436 g/mol. The first-order valence-corrected chi connectivity index (χ1v) is 10.8. The molecule has 6 N–H and O–H groups in total. The van der Waals surface area contributed by atoms with Gasteiger partial charge in [0, 0.05) is 11.1 Å². The van der Waals surface area contributed by atoms with Gasteiger partial charge in [0.25, 0.3) is 0 Å². The summed E-state index contributed by atoms with van der Waals surface area (Å²) in [6, 6.07) is 2.75. The summed E-state index contributed by atoms with van der Waals surface area (Å²) in [6.07, 6.45) is 0. The Morgan fingerprint density at radius 2 is 1.04 bits per heavy atom. The highest BCUT2D eigenvalue weighted by molar-refractivity contribution is 8.26. The Labute approximate surface area is 177 Å². The molecular formula is C16H12N6O2S4. The monoisotopic (exact) mass is 448 g/mol. The third-order valence-electron chi connectivity index (χ3n) is 3.54. The molecule has 142 valence electrons. The smallest absolute Gasteiger partial charge is 0.316 e. The molecule has 0 fully saturated rings. The maximum absolute atomic E-state index is 11.6. The average molecular weight is 449 g/mol. The molecule has 28 heavy (non-hydrogen) atoms. The van der Waals surface area contributed by atoms with Gasteiger partial charge in [0.1, 0.15) is 0 Å². The summed E-state index contributed by atoms with van der Waals surface area (Å²) in [5.74, 6) is 0. The second kappa shape index (κ2) is 7.93. The van der Waals surface area contributed by atoms with Crippen molar-refractivity contribution >= 4 is 70.5 Å². The van der Waals surface area contributed by atoms with Crippen molar-refractivity contribution in [2.24, 2.45) is 11.5 Å². The van der Waals surface area contributed by atoms with Crippen LogP contribution in [0.2, 0.25) is 0 Å². The molecule has 0 spiro atoms. The maximum Gasteiger partial charge on any atom is 0.316 e. The molecule has 0 radical (unpaired) electrons. The molecule has 0 aromatic heterocycles. The molecule has 2 aliphatic rings. The minimum Gasteiger partial charge on any atom is -0.351 e. The summed E-state index contributed by atoms with van der Waals surface area (Å²) >= 11 is 5.26. The van der Waals surface area contributed by atoms with Crippen LogP contribution in [0.15, 0.2) is 39.2 Å². The lowest BCUT2D eigenvalue weighted by molar-refractivity contribution is 0.258. The number of nitrogens with one attached hydrogen (secondary N) is 2. The molecule has 0 atom stereocenters. The molecule has 1 aromatic rings. The first-order valence-electron chi connectivity index (χ1n) is 7.57. The van der Waals surface area contributed by atoms with E-state index in [1.165, 1.54) is 47.0 Å². The van der Waals surface area contributed by atoms with Gasteiger partial charge in [-0.05, 0) is 13.8 Å². The average Bonchev–Trinajstić information content (AvgIpc) is 3.27. The number of thioether (sulfide) groups is 4. The number of primary amides is 2. The number of nitrogens with two attached hydrogens (primary N) is 2. The highest BCUT2D eigenvalue weighted by Gasteiger charge is 2.36. The molecule has 3 rings (SSSR count). The molecule has 0 unspecified atom stereocenters. The van der Waals surface area contributed by atoms with Gasteiger partial charge in [-0.25, -0.2) is 9.59 Å². The lowest BCUT2D eigenvalue weighted by Crippen LogP contribution is -2.22. The van der Waals surface area contributed by atoms with Crippen LogP contribution >= 0.6 is 47.0 Å². The molecule has 0 saturated heterocycles. The van der Waals surface area contributed by atoms with E-state index < -0.39 is 12.1 Å². The van der Waals surface area contributed by atoms with E-state index in [1.54, 1.807) is 13.8 Å². The second-order valence-electron chi connectivity index (χ2n) is 5.50. The number of nitrogens with zero attached hydrogens (tertiary/aromatic N) is 2. The van der Waals surface area contributed by atoms with E-state index in [0.717, 1.165) is 8.47 Å². The Morgan fingerprint density at radius 3 is 1.25 bits per heavy atom. The first-order chi connectivity index (χ1) is 13.3. The van der Waals surface area contributed by atoms with Crippen LogP contribution in [0.3, 0.4) is 0 Å². The van der Waals surface area contributed by atoms with E-state index in [1.807, 2.05) is 0 Å². The highest BCUT2D eigenvalue weighted by Crippen LogP contribution is 2.66. The van der Waals surface area contributed by atoms with Crippen molar-refractivity contribution < 1.29 is 9.59 Å². The predicted molar refractivity (Wildman–Crippen MR) is 113 cm³/mol. The number of hydrogen-bond acceptors (Lipinski definition) is 8. The van der Waals surface area contributed by atoms with Gasteiger partial charge < -0.3 is 22.1 Å². The third kappa shape index (κ3) is 3.64. The van der Waals surface area contributed by atoms with E-state index in [2.05, 4.69) is 22.8 Å². The molecule has 8 nitrogen and oxygen atoms in total. The fourth-order valence-corrected chi connectivity index (χ4v) is 7.63. The topological polar surface area (TPSA) is 158 Å². The Balaban J connectivity index is 2.30. The van der Waals surface area contributed by atoms with Crippen LogP contribution in [-0.2, 0) is 0 Å². The molecule has 0 bridgehead atoms. The van der Waals surface area contributed by atoms with Crippen molar-refractivity contribution in [2.75, 3.05) is 10.6 Å². The minimum absolute atomic E-state index is 0.490.